The molecule has 1 aliphatic rings. The Morgan fingerprint density at radius 1 is 1.21 bits per heavy atom. The molecule has 7 nitrogen and oxygen atoms in total. The van der Waals surface area contributed by atoms with Gasteiger partial charge in [-0.05, 0) is 12.1 Å². The topological polar surface area (TPSA) is 87.3 Å². The predicted molar refractivity (Wildman–Crippen MR) is 105 cm³/mol. The van der Waals surface area contributed by atoms with Crippen LogP contribution >= 0.6 is 24.0 Å². The molecule has 0 unspecified atom stereocenters. The summed E-state index contributed by atoms with van der Waals surface area (Å²) in [6.07, 6.45) is 1.63. The van der Waals surface area contributed by atoms with E-state index >= 15 is 0 Å². The van der Waals surface area contributed by atoms with Crippen LogP contribution in [0, 0.1) is 0 Å². The van der Waals surface area contributed by atoms with Gasteiger partial charge in [0, 0.05) is 44.9 Å². The van der Waals surface area contributed by atoms with E-state index in [0.29, 0.717) is 37.2 Å². The van der Waals surface area contributed by atoms with Crippen LogP contribution in [0.15, 0.2) is 23.2 Å². The maximum atomic E-state index is 5.98. The van der Waals surface area contributed by atoms with E-state index in [-0.39, 0.29) is 29.6 Å². The molecule has 0 radical (unpaired) electrons. The maximum absolute atomic E-state index is 5.98. The van der Waals surface area contributed by atoms with Crippen LogP contribution < -0.4 is 20.5 Å². The molecule has 1 aliphatic heterocycles. The van der Waals surface area contributed by atoms with Gasteiger partial charge in [0.25, 0.3) is 0 Å². The molecule has 0 amide bonds. The number of aliphatic imine (C=N–C) groups is 1. The van der Waals surface area contributed by atoms with Gasteiger partial charge in [-0.25, -0.2) is 0 Å². The van der Waals surface area contributed by atoms with Crippen LogP contribution in [0.5, 0.6) is 11.5 Å². The second-order valence-electron chi connectivity index (χ2n) is 5.40. The minimum Gasteiger partial charge on any atom is -0.493 e. The number of ether oxygens (including phenoxy) is 4. The molecule has 3 N–H and O–H groups in total. The van der Waals surface area contributed by atoms with Crippen LogP contribution in [0.4, 0.5) is 5.69 Å². The fourth-order valence-electron chi connectivity index (χ4n) is 2.50. The third kappa shape index (κ3) is 5.38. The molecule has 0 aliphatic carbocycles. The van der Waals surface area contributed by atoms with Crippen molar-refractivity contribution in [2.45, 2.75) is 18.4 Å². The van der Waals surface area contributed by atoms with Crippen molar-refractivity contribution in [2.75, 3.05) is 46.4 Å². The molecule has 24 heavy (non-hydrogen) atoms. The largest absolute Gasteiger partial charge is 0.493 e. The van der Waals surface area contributed by atoms with E-state index in [1.807, 2.05) is 18.2 Å². The van der Waals surface area contributed by atoms with Gasteiger partial charge in [0.1, 0.15) is 0 Å². The van der Waals surface area contributed by atoms with Gasteiger partial charge in [-0.1, -0.05) is 0 Å². The highest BCUT2D eigenvalue weighted by Gasteiger charge is 2.32. The molecule has 0 aromatic heterocycles. The average molecular weight is 451 g/mol. The monoisotopic (exact) mass is 451 g/mol. The van der Waals surface area contributed by atoms with Crippen LogP contribution in [-0.2, 0) is 9.47 Å². The van der Waals surface area contributed by atoms with Gasteiger partial charge in [-0.3, -0.25) is 4.99 Å². The smallest absolute Gasteiger partial charge is 0.193 e. The van der Waals surface area contributed by atoms with Crippen LogP contribution in [0.1, 0.15) is 12.8 Å². The lowest BCUT2D eigenvalue weighted by Gasteiger charge is -2.34. The van der Waals surface area contributed by atoms with Crippen LogP contribution in [-0.4, -0.2) is 52.6 Å². The summed E-state index contributed by atoms with van der Waals surface area (Å²) in [6, 6.07) is 5.47. The van der Waals surface area contributed by atoms with E-state index in [4.69, 9.17) is 24.7 Å². The fourth-order valence-corrected chi connectivity index (χ4v) is 2.50. The SMILES string of the molecule is COc1ccc(NC(N)=NCC2(OC)CCOCC2)cc1OC.I. The van der Waals surface area contributed by atoms with Crippen LogP contribution in [0.25, 0.3) is 0 Å². The van der Waals surface area contributed by atoms with E-state index in [1.165, 1.54) is 0 Å². The van der Waals surface area contributed by atoms with E-state index in [9.17, 15) is 0 Å². The molecule has 0 spiro atoms. The third-order valence-corrected chi connectivity index (χ3v) is 4.03. The number of nitrogens with one attached hydrogen (secondary N) is 1. The number of rotatable bonds is 6. The summed E-state index contributed by atoms with van der Waals surface area (Å²) in [5, 5.41) is 3.05. The first-order chi connectivity index (χ1) is 11.1. The summed E-state index contributed by atoms with van der Waals surface area (Å²) in [4.78, 5) is 4.41. The Balaban J connectivity index is 0.00000288. The van der Waals surface area contributed by atoms with Crippen LogP contribution in [0.3, 0.4) is 0 Å². The number of anilines is 1. The molecular weight excluding hydrogens is 425 g/mol. The number of guanidine groups is 1. The van der Waals surface area contributed by atoms with Crippen molar-refractivity contribution >= 4 is 35.6 Å². The fraction of sp³-hybridized carbons (Fsp3) is 0.562. The summed E-state index contributed by atoms with van der Waals surface area (Å²) in [6.45, 7) is 1.87. The predicted octanol–water partition coefficient (Wildman–Crippen LogP) is 2.24. The Kier molecular flexibility index (Phi) is 8.57. The van der Waals surface area contributed by atoms with Gasteiger partial charge >= 0.3 is 0 Å². The van der Waals surface area contributed by atoms with Gasteiger partial charge < -0.3 is 30.0 Å². The van der Waals surface area contributed by atoms with E-state index in [2.05, 4.69) is 10.3 Å². The first kappa shape index (κ1) is 20.8. The summed E-state index contributed by atoms with van der Waals surface area (Å²) in [5.74, 6) is 1.62. The number of hydrogen-bond donors (Lipinski definition) is 2. The second-order valence-corrected chi connectivity index (χ2v) is 5.40. The summed E-state index contributed by atoms with van der Waals surface area (Å²) >= 11 is 0. The van der Waals surface area contributed by atoms with E-state index in [0.717, 1.165) is 18.5 Å². The zero-order valence-corrected chi connectivity index (χ0v) is 16.7. The Morgan fingerprint density at radius 2 is 1.88 bits per heavy atom. The molecule has 0 saturated carbocycles. The first-order valence-electron chi connectivity index (χ1n) is 7.54. The van der Waals surface area contributed by atoms with Crippen molar-refractivity contribution in [3.63, 3.8) is 0 Å². The summed E-state index contributed by atoms with van der Waals surface area (Å²) in [5.41, 5.74) is 6.47. The van der Waals surface area contributed by atoms with Gasteiger partial charge in [-0.2, -0.15) is 0 Å². The highest BCUT2D eigenvalue weighted by atomic mass is 127. The normalized spacial score (nSPS) is 16.9. The van der Waals surface area contributed by atoms with Crippen LogP contribution in [0.2, 0.25) is 0 Å². The maximum Gasteiger partial charge on any atom is 0.193 e. The molecule has 1 saturated heterocycles. The molecule has 1 aromatic rings. The highest BCUT2D eigenvalue weighted by Crippen LogP contribution is 2.29. The first-order valence-corrected chi connectivity index (χ1v) is 7.54. The Morgan fingerprint density at radius 3 is 2.46 bits per heavy atom. The molecule has 1 fully saturated rings. The number of methoxy groups -OCH3 is 3. The second kappa shape index (κ2) is 9.90. The number of halogens is 1. The lowest BCUT2D eigenvalue weighted by Crippen LogP contribution is -2.42. The number of benzene rings is 1. The molecule has 1 aromatic carbocycles. The van der Waals surface area contributed by atoms with Gasteiger partial charge in [0.05, 0.1) is 26.4 Å². The van der Waals surface area contributed by atoms with E-state index in [1.54, 1.807) is 21.3 Å². The molecule has 1 heterocycles. The van der Waals surface area contributed by atoms with Gasteiger partial charge in [-0.15, -0.1) is 24.0 Å². The summed E-state index contributed by atoms with van der Waals surface area (Å²) in [7, 11) is 4.89. The Labute approximate surface area is 159 Å². The summed E-state index contributed by atoms with van der Waals surface area (Å²) < 4.78 is 21.5. The molecular formula is C16H26IN3O4. The minimum atomic E-state index is -0.290. The molecule has 0 bridgehead atoms. The third-order valence-electron chi connectivity index (χ3n) is 4.03. The number of hydrogen-bond acceptors (Lipinski definition) is 5. The van der Waals surface area contributed by atoms with Crippen molar-refractivity contribution in [3.05, 3.63) is 18.2 Å². The van der Waals surface area contributed by atoms with Crippen molar-refractivity contribution in [2.24, 2.45) is 10.7 Å². The zero-order chi connectivity index (χ0) is 16.7. The highest BCUT2D eigenvalue weighted by molar-refractivity contribution is 14.0. The molecule has 2 rings (SSSR count). The standard InChI is InChI=1S/C16H25N3O4.HI/c1-20-13-5-4-12(10-14(13)21-2)19-15(17)18-11-16(22-3)6-8-23-9-7-16;/h4-5,10H,6-9,11H2,1-3H3,(H3,17,18,19);1H. The molecule has 0 atom stereocenters. The van der Waals surface area contributed by atoms with Crippen molar-refractivity contribution in [1.29, 1.82) is 0 Å². The lowest BCUT2D eigenvalue weighted by atomic mass is 9.94. The molecule has 136 valence electrons. The number of nitrogens with zero attached hydrogens (tertiary/aromatic N) is 1. The Hall–Kier alpha value is -1.26. The molecule has 8 heteroatoms. The quantitative estimate of drug-likeness (QED) is 0.392. The minimum absolute atomic E-state index is 0. The van der Waals surface area contributed by atoms with E-state index < -0.39 is 0 Å². The van der Waals surface area contributed by atoms with Crippen molar-refractivity contribution in [1.82, 2.24) is 0 Å². The van der Waals surface area contributed by atoms with Crippen molar-refractivity contribution in [3.8, 4) is 11.5 Å². The van der Waals surface area contributed by atoms with Gasteiger partial charge in [0.15, 0.2) is 17.5 Å². The zero-order valence-electron chi connectivity index (χ0n) is 14.3. The average Bonchev–Trinajstić information content (AvgIpc) is 2.60. The van der Waals surface area contributed by atoms with Gasteiger partial charge in [0.2, 0.25) is 0 Å². The number of nitrogens with two attached hydrogens (primary N) is 1. The van der Waals surface area contributed by atoms with Crippen molar-refractivity contribution < 1.29 is 18.9 Å². The lowest BCUT2D eigenvalue weighted by molar-refractivity contribution is -0.0828. The Bertz CT molecular complexity index is 548.